The molecule has 1 amide bonds. The van der Waals surface area contributed by atoms with Crippen molar-refractivity contribution in [3.8, 4) is 0 Å². The molecule has 0 aromatic heterocycles. The van der Waals surface area contributed by atoms with E-state index < -0.39 is 12.6 Å². The first-order chi connectivity index (χ1) is 9.38. The molecule has 2 aromatic rings. The molecule has 5 nitrogen and oxygen atoms in total. The normalized spacial score (nSPS) is 13.2. The van der Waals surface area contributed by atoms with Gasteiger partial charge in [-0.25, -0.2) is 0 Å². The number of hydrogen-bond donors (Lipinski definition) is 4. The van der Waals surface area contributed by atoms with Gasteiger partial charge in [-0.3, -0.25) is 4.79 Å². The van der Waals surface area contributed by atoms with E-state index in [4.69, 9.17) is 5.64 Å². The van der Waals surface area contributed by atoms with Crippen LogP contribution in [0.5, 0.6) is 0 Å². The number of fused-ring (bicyclic) bond motifs is 1. The van der Waals surface area contributed by atoms with E-state index >= 15 is 0 Å². The predicted octanol–water partition coefficient (Wildman–Crippen LogP) is 0.308. The SMILES string of the molecule is CC(=O)N[C@H](Cc1cccc2ccccc12)[B-](N)(O)O. The average molecular weight is 273 g/mol. The van der Waals surface area contributed by atoms with Gasteiger partial charge < -0.3 is 21.0 Å². The quantitative estimate of drug-likeness (QED) is 0.603. The Morgan fingerprint density at radius 2 is 1.90 bits per heavy atom. The fraction of sp³-hybridized carbons (Fsp3) is 0.214. The maximum Gasteiger partial charge on any atom is 0.329 e. The molecule has 0 radical (unpaired) electrons. The van der Waals surface area contributed by atoms with Crippen LogP contribution in [-0.4, -0.2) is 28.6 Å². The summed E-state index contributed by atoms with van der Waals surface area (Å²) in [6, 6.07) is 13.5. The van der Waals surface area contributed by atoms with Crippen molar-refractivity contribution in [1.82, 2.24) is 5.32 Å². The van der Waals surface area contributed by atoms with Gasteiger partial charge in [0.05, 0.1) is 0 Å². The van der Waals surface area contributed by atoms with Crippen LogP contribution >= 0.6 is 0 Å². The van der Waals surface area contributed by atoms with Gasteiger partial charge in [-0.1, -0.05) is 42.5 Å². The molecule has 0 saturated heterocycles. The Morgan fingerprint density at radius 1 is 1.25 bits per heavy atom. The highest BCUT2D eigenvalue weighted by atomic mass is 16.4. The molecule has 0 bridgehead atoms. The lowest BCUT2D eigenvalue weighted by atomic mass is 9.63. The molecule has 2 rings (SSSR count). The van der Waals surface area contributed by atoms with Crippen LogP contribution in [0.25, 0.3) is 10.8 Å². The second kappa shape index (κ2) is 5.62. The van der Waals surface area contributed by atoms with Crippen LogP contribution in [0.1, 0.15) is 12.5 Å². The van der Waals surface area contributed by atoms with Crippen LogP contribution in [0, 0.1) is 0 Å². The lowest BCUT2D eigenvalue weighted by Gasteiger charge is -2.33. The first-order valence-corrected chi connectivity index (χ1v) is 6.51. The number of benzene rings is 2. The Labute approximate surface area is 117 Å². The highest BCUT2D eigenvalue weighted by Gasteiger charge is 2.27. The average Bonchev–Trinajstić information content (AvgIpc) is 2.37. The zero-order valence-corrected chi connectivity index (χ0v) is 11.3. The molecule has 0 fully saturated rings. The van der Waals surface area contributed by atoms with E-state index in [9.17, 15) is 14.8 Å². The van der Waals surface area contributed by atoms with Crippen molar-refractivity contribution >= 4 is 23.4 Å². The molecule has 0 unspecified atom stereocenters. The van der Waals surface area contributed by atoms with Gasteiger partial charge in [0.15, 0.2) is 0 Å². The number of carbonyl (C=O) groups excluding carboxylic acids is 1. The maximum absolute atomic E-state index is 11.2. The molecule has 0 spiro atoms. The fourth-order valence-corrected chi connectivity index (χ4v) is 2.32. The summed E-state index contributed by atoms with van der Waals surface area (Å²) in [4.78, 5) is 11.2. The van der Waals surface area contributed by atoms with Gasteiger partial charge in [0.25, 0.3) is 0 Å². The number of amides is 1. The number of nitrogens with two attached hydrogens (primary N) is 1. The molecule has 0 saturated carbocycles. The van der Waals surface area contributed by atoms with Gasteiger partial charge in [-0.2, -0.15) is 0 Å². The van der Waals surface area contributed by atoms with Crippen molar-refractivity contribution in [2.75, 3.05) is 0 Å². The van der Waals surface area contributed by atoms with E-state index in [1.54, 1.807) is 0 Å². The summed E-state index contributed by atoms with van der Waals surface area (Å²) in [5.74, 6) is -1.27. The predicted molar refractivity (Wildman–Crippen MR) is 79.6 cm³/mol. The third-order valence-corrected chi connectivity index (χ3v) is 3.30. The van der Waals surface area contributed by atoms with E-state index in [2.05, 4.69) is 5.32 Å². The minimum absolute atomic E-state index is 0.254. The van der Waals surface area contributed by atoms with Gasteiger partial charge in [0, 0.05) is 6.92 Å². The van der Waals surface area contributed by atoms with E-state index in [-0.39, 0.29) is 12.3 Å². The summed E-state index contributed by atoms with van der Waals surface area (Å²) in [5.41, 5.74) is 6.28. The first-order valence-electron chi connectivity index (χ1n) is 6.51. The molecule has 0 aliphatic heterocycles. The molecule has 6 heteroatoms. The van der Waals surface area contributed by atoms with Crippen molar-refractivity contribution in [2.24, 2.45) is 5.64 Å². The van der Waals surface area contributed by atoms with Crippen molar-refractivity contribution in [2.45, 2.75) is 19.3 Å². The smallest absolute Gasteiger partial charge is 0.329 e. The summed E-state index contributed by atoms with van der Waals surface area (Å²) >= 11 is 0. The van der Waals surface area contributed by atoms with E-state index in [0.29, 0.717) is 0 Å². The summed E-state index contributed by atoms with van der Waals surface area (Å²) < 4.78 is 0. The molecule has 1 atom stereocenters. The minimum Gasteiger partial charge on any atom is -0.569 e. The van der Waals surface area contributed by atoms with Crippen molar-refractivity contribution < 1.29 is 14.8 Å². The maximum atomic E-state index is 11.2. The van der Waals surface area contributed by atoms with E-state index in [0.717, 1.165) is 16.3 Å². The Bertz CT molecular complexity index is 620. The fourth-order valence-electron chi connectivity index (χ4n) is 2.32. The number of nitrogens with one attached hydrogen (secondary N) is 1. The lowest BCUT2D eigenvalue weighted by molar-refractivity contribution is -0.119. The third kappa shape index (κ3) is 3.36. The summed E-state index contributed by atoms with van der Waals surface area (Å²) in [5, 5.41) is 23.8. The summed E-state index contributed by atoms with van der Waals surface area (Å²) in [7, 11) is 0. The molecular formula is C14H18BN2O3-. The van der Waals surface area contributed by atoms with Crippen LogP contribution in [0.2, 0.25) is 0 Å². The lowest BCUT2D eigenvalue weighted by Crippen LogP contribution is -2.64. The Balaban J connectivity index is 2.36. The van der Waals surface area contributed by atoms with Crippen molar-refractivity contribution in [3.05, 3.63) is 48.0 Å². The molecular weight excluding hydrogens is 255 g/mol. The second-order valence-electron chi connectivity index (χ2n) is 5.05. The molecule has 2 aromatic carbocycles. The number of rotatable bonds is 4. The zero-order valence-electron chi connectivity index (χ0n) is 11.3. The van der Waals surface area contributed by atoms with E-state index in [1.807, 2.05) is 42.5 Å². The molecule has 0 heterocycles. The van der Waals surface area contributed by atoms with E-state index in [1.165, 1.54) is 6.92 Å². The Morgan fingerprint density at radius 3 is 2.55 bits per heavy atom. The van der Waals surface area contributed by atoms with Crippen LogP contribution < -0.4 is 11.0 Å². The molecule has 0 aliphatic rings. The van der Waals surface area contributed by atoms with Crippen LogP contribution in [0.4, 0.5) is 0 Å². The molecule has 0 aliphatic carbocycles. The summed E-state index contributed by atoms with van der Waals surface area (Å²) in [6.07, 6.45) is 0.254. The van der Waals surface area contributed by atoms with Crippen LogP contribution in [0.15, 0.2) is 42.5 Å². The van der Waals surface area contributed by atoms with Crippen LogP contribution in [0.3, 0.4) is 0 Å². The summed E-state index contributed by atoms with van der Waals surface area (Å²) in [6.45, 7) is -1.82. The van der Waals surface area contributed by atoms with Gasteiger partial charge in [-0.15, -0.1) is 0 Å². The van der Waals surface area contributed by atoms with Gasteiger partial charge in [-0.05, 0) is 28.7 Å². The number of carbonyl (C=O) groups is 1. The Hall–Kier alpha value is -1.89. The third-order valence-electron chi connectivity index (χ3n) is 3.30. The highest BCUT2D eigenvalue weighted by Crippen LogP contribution is 2.20. The zero-order chi connectivity index (χ0) is 14.8. The Kier molecular flexibility index (Phi) is 4.08. The minimum atomic E-state index is -3.14. The molecule has 5 N–H and O–H groups in total. The van der Waals surface area contributed by atoms with Crippen molar-refractivity contribution in [1.29, 1.82) is 0 Å². The van der Waals surface area contributed by atoms with Crippen molar-refractivity contribution in [3.63, 3.8) is 0 Å². The monoisotopic (exact) mass is 273 g/mol. The number of hydrogen-bond acceptors (Lipinski definition) is 4. The molecule has 106 valence electrons. The van der Waals surface area contributed by atoms with Gasteiger partial charge in [0.2, 0.25) is 5.91 Å². The topological polar surface area (TPSA) is 95.6 Å². The largest absolute Gasteiger partial charge is 0.569 e. The standard InChI is InChI=1S/C14H18BN2O3/c1-10(18)17-14(15(16,19)20)9-12-7-4-6-11-5-2-3-8-13(11)12/h2-8,14,19-20H,9,16H2,1H3,(H,17,18)/q-1/t14-/m1/s1. The highest BCUT2D eigenvalue weighted by molar-refractivity contribution is 6.63. The second-order valence-corrected chi connectivity index (χ2v) is 5.05. The molecule has 20 heavy (non-hydrogen) atoms. The van der Waals surface area contributed by atoms with Crippen LogP contribution in [-0.2, 0) is 11.2 Å². The van der Waals surface area contributed by atoms with Gasteiger partial charge >= 0.3 is 6.69 Å². The van der Waals surface area contributed by atoms with Gasteiger partial charge in [0.1, 0.15) is 0 Å². The first kappa shape index (κ1) is 14.5.